The first-order chi connectivity index (χ1) is 12.1. The zero-order chi connectivity index (χ0) is 17.6. The largest absolute Gasteiger partial charge is 0.305 e. The molecule has 3 aromatic carbocycles. The van der Waals surface area contributed by atoms with Gasteiger partial charge >= 0.3 is 0 Å². The van der Waals surface area contributed by atoms with Gasteiger partial charge in [0.2, 0.25) is 0 Å². The molecule has 0 aliphatic carbocycles. The number of carbonyl (C=O) groups excluding carboxylic acids is 1. The predicted molar refractivity (Wildman–Crippen MR) is 105 cm³/mol. The van der Waals surface area contributed by atoms with Crippen molar-refractivity contribution in [3.8, 4) is 0 Å². The van der Waals surface area contributed by atoms with Crippen molar-refractivity contribution < 1.29 is 4.79 Å². The van der Waals surface area contributed by atoms with Crippen LogP contribution in [0.15, 0.2) is 72.8 Å². The van der Waals surface area contributed by atoms with E-state index in [0.717, 1.165) is 29.2 Å². The number of benzene rings is 3. The Bertz CT molecular complexity index is 839. The summed E-state index contributed by atoms with van der Waals surface area (Å²) in [4.78, 5) is 13.1. The molecule has 0 bridgehead atoms. The second kappa shape index (κ2) is 8.09. The fourth-order valence-corrected chi connectivity index (χ4v) is 3.19. The number of hydrogen-bond acceptors (Lipinski definition) is 2. The van der Waals surface area contributed by atoms with Crippen molar-refractivity contribution in [1.82, 2.24) is 5.32 Å². The van der Waals surface area contributed by atoms with Gasteiger partial charge in [-0.3, -0.25) is 4.79 Å². The summed E-state index contributed by atoms with van der Waals surface area (Å²) < 4.78 is 0. The number of aryl methyl sites for hydroxylation is 1. The van der Waals surface area contributed by atoms with Gasteiger partial charge in [-0.15, -0.1) is 0 Å². The van der Waals surface area contributed by atoms with Crippen LogP contribution in [0.4, 0.5) is 0 Å². The number of nitrogens with one attached hydrogen (secondary N) is 1. The average Bonchev–Trinajstić information content (AvgIpc) is 2.64. The molecule has 3 aromatic rings. The molecule has 1 N–H and O–H groups in total. The minimum Gasteiger partial charge on any atom is -0.305 e. The van der Waals surface area contributed by atoms with Crippen LogP contribution < -0.4 is 5.32 Å². The van der Waals surface area contributed by atoms with Crippen molar-refractivity contribution in [1.29, 1.82) is 0 Å². The SMILES string of the molecule is CC(C)N[C@@H](CCc1ccccc1)C(=O)c1ccc2ccccc2c1. The van der Waals surface area contributed by atoms with E-state index in [1.165, 1.54) is 5.56 Å². The summed E-state index contributed by atoms with van der Waals surface area (Å²) in [6.45, 7) is 4.17. The number of ketones is 1. The molecule has 0 spiro atoms. The lowest BCUT2D eigenvalue weighted by atomic mass is 9.95. The molecule has 0 heterocycles. The Hall–Kier alpha value is -2.45. The van der Waals surface area contributed by atoms with Gasteiger partial charge in [0.05, 0.1) is 6.04 Å². The van der Waals surface area contributed by atoms with Crippen LogP contribution in [0.1, 0.15) is 36.2 Å². The first-order valence-corrected chi connectivity index (χ1v) is 8.96. The first kappa shape index (κ1) is 17.4. The molecule has 0 saturated carbocycles. The Morgan fingerprint density at radius 2 is 1.56 bits per heavy atom. The highest BCUT2D eigenvalue weighted by Crippen LogP contribution is 2.18. The van der Waals surface area contributed by atoms with Crippen LogP contribution in [-0.4, -0.2) is 17.9 Å². The Morgan fingerprint density at radius 1 is 0.880 bits per heavy atom. The van der Waals surface area contributed by atoms with E-state index in [4.69, 9.17) is 0 Å². The molecule has 25 heavy (non-hydrogen) atoms. The van der Waals surface area contributed by atoms with E-state index in [1.54, 1.807) is 0 Å². The molecule has 0 fully saturated rings. The van der Waals surface area contributed by atoms with Gasteiger partial charge in [0.15, 0.2) is 5.78 Å². The third-order valence-corrected chi connectivity index (χ3v) is 4.45. The van der Waals surface area contributed by atoms with Gasteiger partial charge in [-0.1, -0.05) is 80.6 Å². The second-order valence-electron chi connectivity index (χ2n) is 6.82. The number of rotatable bonds is 7. The zero-order valence-electron chi connectivity index (χ0n) is 14.9. The predicted octanol–water partition coefficient (Wildman–Crippen LogP) is 5.02. The van der Waals surface area contributed by atoms with Crippen LogP contribution in [0.3, 0.4) is 0 Å². The molecule has 0 aromatic heterocycles. The van der Waals surface area contributed by atoms with Gasteiger partial charge < -0.3 is 5.32 Å². The molecule has 0 unspecified atom stereocenters. The molecule has 0 aliphatic heterocycles. The van der Waals surface area contributed by atoms with Crippen molar-refractivity contribution in [2.75, 3.05) is 0 Å². The molecule has 0 radical (unpaired) electrons. The van der Waals surface area contributed by atoms with E-state index in [9.17, 15) is 4.79 Å². The molecular formula is C23H25NO. The third kappa shape index (κ3) is 4.55. The van der Waals surface area contributed by atoms with Gasteiger partial charge in [0, 0.05) is 11.6 Å². The Kier molecular flexibility index (Phi) is 5.62. The fourth-order valence-electron chi connectivity index (χ4n) is 3.19. The third-order valence-electron chi connectivity index (χ3n) is 4.45. The lowest BCUT2D eigenvalue weighted by Gasteiger charge is -2.20. The lowest BCUT2D eigenvalue weighted by Crippen LogP contribution is -2.41. The van der Waals surface area contributed by atoms with Crippen LogP contribution >= 0.6 is 0 Å². The number of fused-ring (bicyclic) bond motifs is 1. The molecule has 0 amide bonds. The zero-order valence-corrected chi connectivity index (χ0v) is 14.9. The van der Waals surface area contributed by atoms with Gasteiger partial charge in [-0.2, -0.15) is 0 Å². The minimum absolute atomic E-state index is 0.165. The van der Waals surface area contributed by atoms with Crippen LogP contribution in [0.5, 0.6) is 0 Å². The van der Waals surface area contributed by atoms with E-state index in [1.807, 2.05) is 48.5 Å². The minimum atomic E-state index is -0.165. The monoisotopic (exact) mass is 331 g/mol. The summed E-state index contributed by atoms with van der Waals surface area (Å²) in [5.74, 6) is 0.176. The van der Waals surface area contributed by atoms with Crippen molar-refractivity contribution in [2.45, 2.75) is 38.8 Å². The van der Waals surface area contributed by atoms with Crippen LogP contribution in [0, 0.1) is 0 Å². The van der Waals surface area contributed by atoms with E-state index in [0.29, 0.717) is 0 Å². The van der Waals surface area contributed by atoms with Crippen molar-refractivity contribution in [3.63, 3.8) is 0 Å². The molecule has 0 aliphatic rings. The Labute approximate surface area is 149 Å². The van der Waals surface area contributed by atoms with Crippen molar-refractivity contribution >= 4 is 16.6 Å². The summed E-state index contributed by atoms with van der Waals surface area (Å²) in [7, 11) is 0. The smallest absolute Gasteiger partial charge is 0.179 e. The molecule has 3 rings (SSSR count). The summed E-state index contributed by atoms with van der Waals surface area (Å²) in [6, 6.07) is 24.6. The van der Waals surface area contributed by atoms with E-state index in [-0.39, 0.29) is 17.9 Å². The molecule has 128 valence electrons. The van der Waals surface area contributed by atoms with Gasteiger partial charge in [0.1, 0.15) is 0 Å². The van der Waals surface area contributed by atoms with E-state index < -0.39 is 0 Å². The topological polar surface area (TPSA) is 29.1 Å². The maximum Gasteiger partial charge on any atom is 0.179 e. The molecular weight excluding hydrogens is 306 g/mol. The number of hydrogen-bond donors (Lipinski definition) is 1. The van der Waals surface area contributed by atoms with Crippen LogP contribution in [-0.2, 0) is 6.42 Å². The fraction of sp³-hybridized carbons (Fsp3) is 0.261. The maximum atomic E-state index is 13.1. The lowest BCUT2D eigenvalue weighted by molar-refractivity contribution is 0.0933. The Morgan fingerprint density at radius 3 is 2.28 bits per heavy atom. The summed E-state index contributed by atoms with van der Waals surface area (Å²) in [5.41, 5.74) is 2.05. The number of carbonyl (C=O) groups is 1. The standard InChI is InChI=1S/C23H25NO/c1-17(2)24-22(15-12-18-8-4-3-5-9-18)23(25)21-14-13-19-10-6-7-11-20(19)16-21/h3-11,13-14,16-17,22,24H,12,15H2,1-2H3/t22-/m0/s1. The van der Waals surface area contributed by atoms with Crippen molar-refractivity contribution in [2.24, 2.45) is 0 Å². The van der Waals surface area contributed by atoms with Crippen LogP contribution in [0.2, 0.25) is 0 Å². The summed E-state index contributed by atoms with van der Waals surface area (Å²) in [5, 5.41) is 5.72. The molecule has 1 atom stereocenters. The highest BCUT2D eigenvalue weighted by molar-refractivity contribution is 6.03. The highest BCUT2D eigenvalue weighted by Gasteiger charge is 2.20. The molecule has 0 saturated heterocycles. The summed E-state index contributed by atoms with van der Waals surface area (Å²) in [6.07, 6.45) is 1.69. The average molecular weight is 331 g/mol. The van der Waals surface area contributed by atoms with Crippen molar-refractivity contribution in [3.05, 3.63) is 83.9 Å². The number of Topliss-reactive ketones (excluding diaryl/α,β-unsaturated/α-hetero) is 1. The van der Waals surface area contributed by atoms with Crippen LogP contribution in [0.25, 0.3) is 10.8 Å². The maximum absolute atomic E-state index is 13.1. The van der Waals surface area contributed by atoms with Gasteiger partial charge in [-0.05, 0) is 35.2 Å². The normalized spacial score (nSPS) is 12.4. The van der Waals surface area contributed by atoms with E-state index >= 15 is 0 Å². The van der Waals surface area contributed by atoms with Gasteiger partial charge in [0.25, 0.3) is 0 Å². The second-order valence-corrected chi connectivity index (χ2v) is 6.82. The first-order valence-electron chi connectivity index (χ1n) is 8.96. The Balaban J connectivity index is 1.79. The van der Waals surface area contributed by atoms with E-state index in [2.05, 4.69) is 43.4 Å². The van der Waals surface area contributed by atoms with Gasteiger partial charge in [-0.25, -0.2) is 0 Å². The highest BCUT2D eigenvalue weighted by atomic mass is 16.1. The molecule has 2 nitrogen and oxygen atoms in total. The molecule has 2 heteroatoms. The summed E-state index contributed by atoms with van der Waals surface area (Å²) >= 11 is 0. The quantitative estimate of drug-likeness (QED) is 0.616.